The molecule has 1 aromatic heterocycles. The van der Waals surface area contributed by atoms with Crippen LogP contribution in [-0.4, -0.2) is 17.1 Å². The van der Waals surface area contributed by atoms with E-state index < -0.39 is 11.9 Å². The Bertz CT molecular complexity index is 1310. The number of allylic oxidation sites excluding steroid dienone is 2. The summed E-state index contributed by atoms with van der Waals surface area (Å²) in [5, 5.41) is 10.7. The third-order valence-electron chi connectivity index (χ3n) is 5.53. The SMILES string of the molecule is CCOC(=O)C1=C(C)OC(N)=C(C#N)C1c1ccc2ccn(Cc3ccccc3F)c2c1. The second-order valence-electron chi connectivity index (χ2n) is 7.47. The third kappa shape index (κ3) is 3.71. The Balaban J connectivity index is 1.83. The van der Waals surface area contributed by atoms with Crippen molar-refractivity contribution in [3.05, 3.63) is 94.5 Å². The molecule has 0 aliphatic carbocycles. The molecule has 0 amide bonds. The molecule has 7 heteroatoms. The highest BCUT2D eigenvalue weighted by atomic mass is 19.1. The van der Waals surface area contributed by atoms with Crippen LogP contribution in [0.5, 0.6) is 0 Å². The summed E-state index contributed by atoms with van der Waals surface area (Å²) in [5.41, 5.74) is 8.46. The first-order valence-corrected chi connectivity index (χ1v) is 10.2. The van der Waals surface area contributed by atoms with Crippen molar-refractivity contribution < 1.29 is 18.7 Å². The van der Waals surface area contributed by atoms with Crippen molar-refractivity contribution in [2.75, 3.05) is 6.61 Å². The summed E-state index contributed by atoms with van der Waals surface area (Å²) in [6.45, 7) is 3.87. The van der Waals surface area contributed by atoms with Gasteiger partial charge in [-0.1, -0.05) is 30.3 Å². The van der Waals surface area contributed by atoms with Crippen molar-refractivity contribution in [3.63, 3.8) is 0 Å². The maximum absolute atomic E-state index is 14.2. The second-order valence-corrected chi connectivity index (χ2v) is 7.47. The largest absolute Gasteiger partial charge is 0.463 e. The number of halogens is 1. The molecular formula is C25H22FN3O3. The molecule has 162 valence electrons. The molecule has 0 radical (unpaired) electrons. The van der Waals surface area contributed by atoms with Gasteiger partial charge in [-0.2, -0.15) is 5.26 Å². The van der Waals surface area contributed by atoms with Crippen LogP contribution in [0.15, 0.2) is 77.5 Å². The molecule has 32 heavy (non-hydrogen) atoms. The van der Waals surface area contributed by atoms with Crippen LogP contribution in [0.4, 0.5) is 4.39 Å². The quantitative estimate of drug-likeness (QED) is 0.602. The average molecular weight is 431 g/mol. The lowest BCUT2D eigenvalue weighted by Gasteiger charge is -2.27. The number of carbonyl (C=O) groups excluding carboxylic acids is 1. The van der Waals surface area contributed by atoms with E-state index in [9.17, 15) is 14.4 Å². The van der Waals surface area contributed by atoms with Crippen molar-refractivity contribution in [2.24, 2.45) is 5.73 Å². The maximum atomic E-state index is 14.2. The van der Waals surface area contributed by atoms with Crippen LogP contribution in [-0.2, 0) is 20.8 Å². The number of esters is 1. The molecule has 0 bridgehead atoms. The number of nitrogens with zero attached hydrogens (tertiary/aromatic N) is 2. The molecule has 1 unspecified atom stereocenters. The van der Waals surface area contributed by atoms with E-state index in [2.05, 4.69) is 6.07 Å². The maximum Gasteiger partial charge on any atom is 0.338 e. The first kappa shape index (κ1) is 21.2. The van der Waals surface area contributed by atoms with E-state index in [1.54, 1.807) is 32.0 Å². The lowest BCUT2D eigenvalue weighted by atomic mass is 9.83. The molecule has 2 N–H and O–H groups in total. The number of benzene rings is 2. The van der Waals surface area contributed by atoms with Crippen LogP contribution in [0.1, 0.15) is 30.9 Å². The molecule has 1 aliphatic rings. The zero-order chi connectivity index (χ0) is 22.8. The molecule has 0 spiro atoms. The number of aromatic nitrogens is 1. The topological polar surface area (TPSA) is 90.3 Å². The van der Waals surface area contributed by atoms with Gasteiger partial charge < -0.3 is 19.8 Å². The molecule has 4 rings (SSSR count). The van der Waals surface area contributed by atoms with E-state index in [-0.39, 0.29) is 29.5 Å². The zero-order valence-corrected chi connectivity index (χ0v) is 17.8. The summed E-state index contributed by atoms with van der Waals surface area (Å²) >= 11 is 0. The van der Waals surface area contributed by atoms with Gasteiger partial charge in [0.25, 0.3) is 0 Å². The fourth-order valence-electron chi connectivity index (χ4n) is 4.02. The van der Waals surface area contributed by atoms with Gasteiger partial charge in [0, 0.05) is 17.3 Å². The number of fused-ring (bicyclic) bond motifs is 1. The van der Waals surface area contributed by atoms with Gasteiger partial charge in [0.1, 0.15) is 23.2 Å². The summed E-state index contributed by atoms with van der Waals surface area (Å²) in [7, 11) is 0. The zero-order valence-electron chi connectivity index (χ0n) is 17.8. The minimum absolute atomic E-state index is 0.0371. The normalized spacial score (nSPS) is 16.1. The fraction of sp³-hybridized carbons (Fsp3) is 0.200. The Labute approximate surface area is 185 Å². The van der Waals surface area contributed by atoms with Crippen molar-refractivity contribution >= 4 is 16.9 Å². The molecule has 1 aliphatic heterocycles. The Hall–Kier alpha value is -4.05. The van der Waals surface area contributed by atoms with E-state index in [0.29, 0.717) is 23.4 Å². The van der Waals surface area contributed by atoms with E-state index in [4.69, 9.17) is 15.2 Å². The average Bonchev–Trinajstić information content (AvgIpc) is 3.17. The van der Waals surface area contributed by atoms with E-state index in [1.807, 2.05) is 35.0 Å². The lowest BCUT2D eigenvalue weighted by molar-refractivity contribution is -0.139. The van der Waals surface area contributed by atoms with Crippen molar-refractivity contribution in [2.45, 2.75) is 26.3 Å². The highest BCUT2D eigenvalue weighted by molar-refractivity contribution is 5.93. The van der Waals surface area contributed by atoms with Crippen LogP contribution in [0, 0.1) is 17.1 Å². The molecule has 0 fully saturated rings. The van der Waals surface area contributed by atoms with Crippen molar-refractivity contribution in [1.29, 1.82) is 5.26 Å². The van der Waals surface area contributed by atoms with Crippen LogP contribution in [0.3, 0.4) is 0 Å². The smallest absolute Gasteiger partial charge is 0.338 e. The number of ether oxygens (including phenoxy) is 2. The summed E-state index contributed by atoms with van der Waals surface area (Å²) < 4.78 is 26.8. The first-order valence-electron chi connectivity index (χ1n) is 10.2. The number of hydrogen-bond acceptors (Lipinski definition) is 5. The summed E-state index contributed by atoms with van der Waals surface area (Å²) in [5.74, 6) is -1.30. The van der Waals surface area contributed by atoms with Crippen LogP contribution in [0.25, 0.3) is 10.9 Å². The minimum Gasteiger partial charge on any atom is -0.463 e. The van der Waals surface area contributed by atoms with Crippen molar-refractivity contribution in [3.8, 4) is 6.07 Å². The van der Waals surface area contributed by atoms with E-state index in [0.717, 1.165) is 10.9 Å². The molecule has 2 heterocycles. The monoisotopic (exact) mass is 431 g/mol. The van der Waals surface area contributed by atoms with Gasteiger partial charge in [0.05, 0.1) is 24.6 Å². The van der Waals surface area contributed by atoms with Crippen LogP contribution < -0.4 is 5.73 Å². The third-order valence-corrected chi connectivity index (χ3v) is 5.53. The standard InChI is InChI=1S/C25H22FN3O3/c1-3-31-25(30)22-15(2)32-24(28)19(13-27)23(22)17-9-8-16-10-11-29(21(16)12-17)14-18-6-4-5-7-20(18)26/h4-12,23H,3,14,28H2,1-2H3. The van der Waals surface area contributed by atoms with Gasteiger partial charge in [-0.3, -0.25) is 0 Å². The van der Waals surface area contributed by atoms with Crippen LogP contribution >= 0.6 is 0 Å². The number of hydrogen-bond donors (Lipinski definition) is 1. The van der Waals surface area contributed by atoms with Gasteiger partial charge in [0.15, 0.2) is 0 Å². The lowest BCUT2D eigenvalue weighted by Crippen LogP contribution is -2.25. The molecular weight excluding hydrogens is 409 g/mol. The van der Waals surface area contributed by atoms with Gasteiger partial charge >= 0.3 is 5.97 Å². The second kappa shape index (κ2) is 8.60. The minimum atomic E-state index is -0.728. The summed E-state index contributed by atoms with van der Waals surface area (Å²) in [4.78, 5) is 12.7. The number of rotatable bonds is 5. The number of carbonyl (C=O) groups is 1. The Kier molecular flexibility index (Phi) is 5.69. The van der Waals surface area contributed by atoms with E-state index in [1.165, 1.54) is 6.07 Å². The molecule has 1 atom stereocenters. The van der Waals surface area contributed by atoms with Crippen molar-refractivity contribution in [1.82, 2.24) is 4.57 Å². The molecule has 0 saturated heterocycles. The predicted molar refractivity (Wildman–Crippen MR) is 117 cm³/mol. The molecule has 0 saturated carbocycles. The molecule has 2 aromatic carbocycles. The summed E-state index contributed by atoms with van der Waals surface area (Å²) in [6, 6.07) is 16.3. The Morgan fingerprint density at radius 3 is 2.78 bits per heavy atom. The van der Waals surface area contributed by atoms with Gasteiger partial charge in [-0.05, 0) is 43.0 Å². The predicted octanol–water partition coefficient (Wildman–Crippen LogP) is 4.47. The highest BCUT2D eigenvalue weighted by Crippen LogP contribution is 2.40. The number of nitrogens with two attached hydrogens (primary N) is 1. The first-order chi connectivity index (χ1) is 15.4. The van der Waals surface area contributed by atoms with Gasteiger partial charge in [-0.25, -0.2) is 9.18 Å². The Morgan fingerprint density at radius 2 is 2.06 bits per heavy atom. The Morgan fingerprint density at radius 1 is 1.28 bits per heavy atom. The molecule has 6 nitrogen and oxygen atoms in total. The fourth-order valence-corrected chi connectivity index (χ4v) is 4.02. The van der Waals surface area contributed by atoms with Gasteiger partial charge in [-0.15, -0.1) is 0 Å². The van der Waals surface area contributed by atoms with E-state index >= 15 is 0 Å². The van der Waals surface area contributed by atoms with Gasteiger partial charge in [0.2, 0.25) is 5.88 Å². The molecule has 3 aromatic rings. The highest BCUT2D eigenvalue weighted by Gasteiger charge is 2.36. The summed E-state index contributed by atoms with van der Waals surface area (Å²) in [6.07, 6.45) is 1.88. The number of nitriles is 1. The van der Waals surface area contributed by atoms with Crippen LogP contribution in [0.2, 0.25) is 0 Å².